The van der Waals surface area contributed by atoms with Crippen molar-refractivity contribution in [2.75, 3.05) is 26.4 Å². The molecule has 0 aromatic heterocycles. The Morgan fingerprint density at radius 1 is 0.538 bits per heavy atom. The number of unbranched alkanes of at least 4 members (excludes halogenated alkanes) is 28. The van der Waals surface area contributed by atoms with Gasteiger partial charge in [0.25, 0.3) is 0 Å². The van der Waals surface area contributed by atoms with Crippen LogP contribution in [0.1, 0.15) is 213 Å². The Morgan fingerprint density at radius 3 is 1.27 bits per heavy atom. The highest BCUT2D eigenvalue weighted by atomic mass is 31.2. The van der Waals surface area contributed by atoms with Crippen LogP contribution < -0.4 is 5.73 Å². The van der Waals surface area contributed by atoms with Crippen LogP contribution in [-0.2, 0) is 32.7 Å². The summed E-state index contributed by atoms with van der Waals surface area (Å²) in [6, 6.07) is -1.47. The van der Waals surface area contributed by atoms with E-state index in [2.05, 4.69) is 13.8 Å². The third-order valence-corrected chi connectivity index (χ3v) is 10.6. The molecule has 0 rings (SSSR count). The lowest BCUT2D eigenvalue weighted by Gasteiger charge is -2.20. The number of phosphoric ester groups is 1. The van der Waals surface area contributed by atoms with Crippen molar-refractivity contribution in [1.29, 1.82) is 0 Å². The molecule has 310 valence electrons. The lowest BCUT2D eigenvalue weighted by atomic mass is 10.0. The monoisotopic (exact) mass is 764 g/mol. The number of esters is 1. The molecule has 4 N–H and O–H groups in total. The molecule has 11 heteroatoms. The van der Waals surface area contributed by atoms with E-state index in [0.29, 0.717) is 6.61 Å². The number of carbonyl (C=O) groups is 2. The van der Waals surface area contributed by atoms with Crippen molar-refractivity contribution in [3.05, 3.63) is 0 Å². The Bertz CT molecular complexity index is 847. The molecule has 0 saturated heterocycles. The van der Waals surface area contributed by atoms with Crippen molar-refractivity contribution < 1.29 is 42.7 Å². The molecule has 0 radical (unpaired) electrons. The maximum atomic E-state index is 12.6. The summed E-state index contributed by atoms with van der Waals surface area (Å²) in [7, 11) is -4.60. The van der Waals surface area contributed by atoms with Crippen LogP contribution in [0.25, 0.3) is 0 Å². The molecule has 0 bridgehead atoms. The van der Waals surface area contributed by atoms with Crippen LogP contribution in [-0.4, -0.2) is 60.5 Å². The van der Waals surface area contributed by atoms with Gasteiger partial charge in [-0.15, -0.1) is 0 Å². The van der Waals surface area contributed by atoms with E-state index in [-0.39, 0.29) is 13.0 Å². The van der Waals surface area contributed by atoms with Crippen molar-refractivity contribution >= 4 is 19.8 Å². The van der Waals surface area contributed by atoms with Crippen LogP contribution in [0.2, 0.25) is 0 Å². The number of carboxylic acids is 1. The second-order valence-electron chi connectivity index (χ2n) is 14.8. The molecule has 0 aromatic rings. The molecule has 0 saturated carbocycles. The Morgan fingerprint density at radius 2 is 0.885 bits per heavy atom. The predicted octanol–water partition coefficient (Wildman–Crippen LogP) is 11.6. The average Bonchev–Trinajstić information content (AvgIpc) is 3.12. The minimum atomic E-state index is -4.60. The Kier molecular flexibility index (Phi) is 37.5. The summed E-state index contributed by atoms with van der Waals surface area (Å²) in [4.78, 5) is 33.5. The number of carbonyl (C=O) groups excluding carboxylic acids is 1. The largest absolute Gasteiger partial charge is 0.480 e. The fraction of sp³-hybridized carbons (Fsp3) is 0.951. The molecule has 0 aliphatic rings. The van der Waals surface area contributed by atoms with Crippen molar-refractivity contribution in [1.82, 2.24) is 0 Å². The number of phosphoric acid groups is 1. The van der Waals surface area contributed by atoms with E-state index in [4.69, 9.17) is 29.4 Å². The smallest absolute Gasteiger partial charge is 0.472 e. The molecule has 3 atom stereocenters. The van der Waals surface area contributed by atoms with Gasteiger partial charge < -0.3 is 25.2 Å². The average molecular weight is 764 g/mol. The van der Waals surface area contributed by atoms with E-state index in [1.807, 2.05) is 0 Å². The quantitative estimate of drug-likeness (QED) is 0.0311. The Labute approximate surface area is 319 Å². The van der Waals surface area contributed by atoms with Gasteiger partial charge in [-0.1, -0.05) is 194 Å². The zero-order chi connectivity index (χ0) is 38.4. The van der Waals surface area contributed by atoms with Gasteiger partial charge in [0.05, 0.1) is 19.8 Å². The van der Waals surface area contributed by atoms with E-state index >= 15 is 0 Å². The van der Waals surface area contributed by atoms with E-state index in [0.717, 1.165) is 38.5 Å². The second-order valence-corrected chi connectivity index (χ2v) is 16.3. The minimum absolute atomic E-state index is 0.0256. The van der Waals surface area contributed by atoms with Crippen LogP contribution in [0.4, 0.5) is 0 Å². The van der Waals surface area contributed by atoms with Crippen LogP contribution >= 0.6 is 7.82 Å². The van der Waals surface area contributed by atoms with Crippen LogP contribution in [0.5, 0.6) is 0 Å². The van der Waals surface area contributed by atoms with Crippen molar-refractivity contribution in [2.45, 2.75) is 225 Å². The van der Waals surface area contributed by atoms with Crippen LogP contribution in [0, 0.1) is 0 Å². The molecule has 0 fully saturated rings. The first-order valence-electron chi connectivity index (χ1n) is 21.6. The van der Waals surface area contributed by atoms with Gasteiger partial charge in [0.15, 0.2) is 0 Å². The lowest BCUT2D eigenvalue weighted by Crippen LogP contribution is -2.34. The highest BCUT2D eigenvalue weighted by molar-refractivity contribution is 7.47. The zero-order valence-corrected chi connectivity index (χ0v) is 34.6. The molecule has 0 aromatic carbocycles. The van der Waals surface area contributed by atoms with Crippen LogP contribution in [0.3, 0.4) is 0 Å². The number of aliphatic carboxylic acids is 1. The van der Waals surface area contributed by atoms with Gasteiger partial charge in [-0.3, -0.25) is 18.6 Å². The molecule has 0 aliphatic carbocycles. The third kappa shape index (κ3) is 37.3. The molecule has 52 heavy (non-hydrogen) atoms. The first-order chi connectivity index (χ1) is 25.2. The number of hydrogen-bond donors (Lipinski definition) is 3. The van der Waals surface area contributed by atoms with E-state index in [1.54, 1.807) is 0 Å². The maximum absolute atomic E-state index is 12.6. The minimum Gasteiger partial charge on any atom is -0.480 e. The summed E-state index contributed by atoms with van der Waals surface area (Å²) in [6.07, 6.45) is 37.2. The predicted molar refractivity (Wildman–Crippen MR) is 213 cm³/mol. The van der Waals surface area contributed by atoms with Gasteiger partial charge in [0, 0.05) is 13.0 Å². The summed E-state index contributed by atoms with van der Waals surface area (Å²) >= 11 is 0. The third-order valence-electron chi connectivity index (χ3n) is 9.64. The lowest BCUT2D eigenvalue weighted by molar-refractivity contribution is -0.154. The molecule has 10 nitrogen and oxygen atoms in total. The van der Waals surface area contributed by atoms with Gasteiger partial charge in [0.1, 0.15) is 12.1 Å². The molecule has 0 heterocycles. The highest BCUT2D eigenvalue weighted by Gasteiger charge is 2.27. The number of carboxylic acid groups (broad SMARTS) is 1. The Balaban J connectivity index is 4.20. The Hall–Kier alpha value is -1.03. The normalized spacial score (nSPS) is 13.9. The fourth-order valence-electron chi connectivity index (χ4n) is 6.25. The summed E-state index contributed by atoms with van der Waals surface area (Å²) in [5.74, 6) is -1.77. The van der Waals surface area contributed by atoms with Gasteiger partial charge >= 0.3 is 19.8 Å². The molecule has 0 amide bonds. The highest BCUT2D eigenvalue weighted by Crippen LogP contribution is 2.43. The number of ether oxygens (including phenoxy) is 2. The van der Waals surface area contributed by atoms with Gasteiger partial charge in [-0.05, 0) is 12.8 Å². The van der Waals surface area contributed by atoms with Gasteiger partial charge in [0.2, 0.25) is 0 Å². The summed E-state index contributed by atoms with van der Waals surface area (Å²) in [5, 5.41) is 8.88. The zero-order valence-electron chi connectivity index (χ0n) is 33.7. The standard InChI is InChI=1S/C41H82NO9P/c1-3-5-7-9-11-13-15-17-19-20-21-23-25-27-29-31-33-40(43)51-38(36-49-52(46,47)50-37-39(42)41(44)45)35-48-34-32-30-28-26-24-22-18-16-14-12-10-8-6-4-2/h38-39H,3-37,42H2,1-2H3,(H,44,45)(H,46,47). The van der Waals surface area contributed by atoms with Crippen molar-refractivity contribution in [3.63, 3.8) is 0 Å². The van der Waals surface area contributed by atoms with Gasteiger partial charge in [-0.2, -0.15) is 0 Å². The first kappa shape index (κ1) is 51.0. The molecule has 0 spiro atoms. The SMILES string of the molecule is CCCCCCCCCCCCCCCCCCC(=O)OC(COCCCCCCCCCCCCCCCC)COP(=O)(O)OCC(N)C(=O)O. The topological polar surface area (TPSA) is 155 Å². The summed E-state index contributed by atoms with van der Waals surface area (Å²) in [6.45, 7) is 3.92. The maximum Gasteiger partial charge on any atom is 0.472 e. The molecule has 3 unspecified atom stereocenters. The summed E-state index contributed by atoms with van der Waals surface area (Å²) < 4.78 is 33.3. The van der Waals surface area contributed by atoms with Crippen LogP contribution in [0.15, 0.2) is 0 Å². The van der Waals surface area contributed by atoms with E-state index < -0.39 is 45.1 Å². The molecular weight excluding hydrogens is 681 g/mol. The summed E-state index contributed by atoms with van der Waals surface area (Å²) in [5.41, 5.74) is 5.35. The van der Waals surface area contributed by atoms with Gasteiger partial charge in [-0.25, -0.2) is 4.57 Å². The molecule has 0 aliphatic heterocycles. The second kappa shape index (κ2) is 38.3. The first-order valence-corrected chi connectivity index (χ1v) is 23.1. The van der Waals surface area contributed by atoms with Crippen molar-refractivity contribution in [3.8, 4) is 0 Å². The number of nitrogens with two attached hydrogens (primary N) is 1. The van der Waals surface area contributed by atoms with E-state index in [9.17, 15) is 19.0 Å². The number of rotatable bonds is 42. The number of hydrogen-bond acceptors (Lipinski definition) is 8. The van der Waals surface area contributed by atoms with E-state index in [1.165, 1.54) is 154 Å². The van der Waals surface area contributed by atoms with Crippen molar-refractivity contribution in [2.24, 2.45) is 5.73 Å². The molecular formula is C41H82NO9P. The fourth-order valence-corrected chi connectivity index (χ4v) is 7.03.